The molecular weight excluding hydrogens is 190 g/mol. The minimum atomic E-state index is 0.154. The van der Waals surface area contributed by atoms with Crippen LogP contribution >= 0.6 is 0 Å². The van der Waals surface area contributed by atoms with Crippen LogP contribution in [0.1, 0.15) is 25.3 Å². The molecule has 0 radical (unpaired) electrons. The lowest BCUT2D eigenvalue weighted by Gasteiger charge is -2.06. The smallest absolute Gasteiger partial charge is 0.124 e. The van der Waals surface area contributed by atoms with Gasteiger partial charge < -0.3 is 10.2 Å². The lowest BCUT2D eigenvalue weighted by Crippen LogP contribution is -2.01. The quantitative estimate of drug-likeness (QED) is 0.573. The van der Waals surface area contributed by atoms with Crippen LogP contribution in [0.25, 0.3) is 0 Å². The molecule has 0 atom stereocenters. The SMILES string of the molecule is CCC(=NCCCO)c1ccccc1O. The molecule has 3 nitrogen and oxygen atoms in total. The van der Waals surface area contributed by atoms with Gasteiger partial charge in [0.05, 0.1) is 0 Å². The van der Waals surface area contributed by atoms with Crippen molar-refractivity contribution in [1.82, 2.24) is 0 Å². The summed E-state index contributed by atoms with van der Waals surface area (Å²) in [5.41, 5.74) is 1.68. The van der Waals surface area contributed by atoms with Gasteiger partial charge in [0.1, 0.15) is 5.75 Å². The molecule has 3 heteroatoms. The summed E-state index contributed by atoms with van der Waals surface area (Å²) in [5, 5.41) is 18.3. The zero-order chi connectivity index (χ0) is 11.1. The summed E-state index contributed by atoms with van der Waals surface area (Å²) in [4.78, 5) is 4.36. The van der Waals surface area contributed by atoms with E-state index < -0.39 is 0 Å². The summed E-state index contributed by atoms with van der Waals surface area (Å²) in [7, 11) is 0. The molecule has 0 aliphatic heterocycles. The van der Waals surface area contributed by atoms with Crippen LogP contribution in [0.4, 0.5) is 0 Å². The highest BCUT2D eigenvalue weighted by molar-refractivity contribution is 6.02. The van der Waals surface area contributed by atoms with Gasteiger partial charge in [0.2, 0.25) is 0 Å². The molecule has 0 saturated heterocycles. The van der Waals surface area contributed by atoms with Gasteiger partial charge in [-0.1, -0.05) is 19.1 Å². The molecular formula is C12H17NO2. The van der Waals surface area contributed by atoms with E-state index in [0.29, 0.717) is 13.0 Å². The van der Waals surface area contributed by atoms with Crippen molar-refractivity contribution >= 4 is 5.71 Å². The lowest BCUT2D eigenvalue weighted by atomic mass is 10.1. The molecule has 0 bridgehead atoms. The Kier molecular flexibility index (Phi) is 4.84. The van der Waals surface area contributed by atoms with E-state index in [1.165, 1.54) is 0 Å². The van der Waals surface area contributed by atoms with Crippen LogP contribution in [0.2, 0.25) is 0 Å². The van der Waals surface area contributed by atoms with E-state index in [-0.39, 0.29) is 12.4 Å². The molecule has 0 unspecified atom stereocenters. The van der Waals surface area contributed by atoms with Gasteiger partial charge in [-0.3, -0.25) is 4.99 Å². The molecule has 0 fully saturated rings. The third-order valence-corrected chi connectivity index (χ3v) is 2.17. The monoisotopic (exact) mass is 207 g/mol. The fraction of sp³-hybridized carbons (Fsp3) is 0.417. The topological polar surface area (TPSA) is 52.8 Å². The number of phenolic OH excluding ortho intramolecular Hbond substituents is 1. The standard InChI is InChI=1S/C12H17NO2/c1-2-11(13-8-5-9-14)10-6-3-4-7-12(10)15/h3-4,6-7,14-15H,2,5,8-9H2,1H3. The van der Waals surface area contributed by atoms with Gasteiger partial charge in [-0.05, 0) is 25.0 Å². The summed E-state index contributed by atoms with van der Waals surface area (Å²) >= 11 is 0. The van der Waals surface area contributed by atoms with E-state index in [4.69, 9.17) is 5.11 Å². The van der Waals surface area contributed by atoms with Crippen LogP contribution in [0, 0.1) is 0 Å². The van der Waals surface area contributed by atoms with Gasteiger partial charge in [0.15, 0.2) is 0 Å². The summed E-state index contributed by atoms with van der Waals surface area (Å²) in [5.74, 6) is 0.266. The Morgan fingerprint density at radius 3 is 2.67 bits per heavy atom. The number of para-hydroxylation sites is 1. The van der Waals surface area contributed by atoms with E-state index in [2.05, 4.69) is 4.99 Å². The molecule has 0 aromatic heterocycles. The van der Waals surface area contributed by atoms with Gasteiger partial charge in [-0.15, -0.1) is 0 Å². The zero-order valence-corrected chi connectivity index (χ0v) is 8.98. The first kappa shape index (κ1) is 11.7. The second kappa shape index (κ2) is 6.19. The third-order valence-electron chi connectivity index (χ3n) is 2.17. The number of benzene rings is 1. The Morgan fingerprint density at radius 1 is 1.33 bits per heavy atom. The van der Waals surface area contributed by atoms with E-state index in [0.717, 1.165) is 17.7 Å². The van der Waals surface area contributed by atoms with Gasteiger partial charge >= 0.3 is 0 Å². The van der Waals surface area contributed by atoms with E-state index in [9.17, 15) is 5.11 Å². The van der Waals surface area contributed by atoms with Crippen molar-refractivity contribution in [2.24, 2.45) is 4.99 Å². The molecule has 0 spiro atoms. The molecule has 0 saturated carbocycles. The molecule has 0 aliphatic rings. The molecule has 0 aliphatic carbocycles. The fourth-order valence-electron chi connectivity index (χ4n) is 1.39. The number of aliphatic imine (C=N–C) groups is 1. The largest absolute Gasteiger partial charge is 0.507 e. The fourth-order valence-corrected chi connectivity index (χ4v) is 1.39. The molecule has 0 amide bonds. The predicted octanol–water partition coefficient (Wildman–Crippen LogP) is 1.97. The molecule has 15 heavy (non-hydrogen) atoms. The normalized spacial score (nSPS) is 11.7. The Balaban J connectivity index is 2.83. The van der Waals surface area contributed by atoms with Crippen LogP contribution in [0.3, 0.4) is 0 Å². The van der Waals surface area contributed by atoms with E-state index in [1.54, 1.807) is 12.1 Å². The lowest BCUT2D eigenvalue weighted by molar-refractivity contribution is 0.291. The first-order chi connectivity index (χ1) is 7.29. The van der Waals surface area contributed by atoms with Gasteiger partial charge in [0.25, 0.3) is 0 Å². The molecule has 0 heterocycles. The number of rotatable bonds is 5. The minimum absolute atomic E-state index is 0.154. The maximum absolute atomic E-state index is 9.64. The summed E-state index contributed by atoms with van der Waals surface area (Å²) in [6, 6.07) is 7.19. The van der Waals surface area contributed by atoms with Crippen molar-refractivity contribution in [3.8, 4) is 5.75 Å². The predicted molar refractivity (Wildman–Crippen MR) is 61.5 cm³/mol. The van der Waals surface area contributed by atoms with Gasteiger partial charge in [-0.25, -0.2) is 0 Å². The number of aromatic hydroxyl groups is 1. The molecule has 82 valence electrons. The molecule has 1 aromatic rings. The molecule has 1 aromatic carbocycles. The first-order valence-electron chi connectivity index (χ1n) is 5.22. The van der Waals surface area contributed by atoms with Crippen molar-refractivity contribution in [2.45, 2.75) is 19.8 Å². The summed E-state index contributed by atoms with van der Waals surface area (Å²) in [6.07, 6.45) is 1.44. The Morgan fingerprint density at radius 2 is 2.07 bits per heavy atom. The Bertz CT molecular complexity index is 334. The van der Waals surface area contributed by atoms with Crippen molar-refractivity contribution in [3.05, 3.63) is 29.8 Å². The highest BCUT2D eigenvalue weighted by atomic mass is 16.3. The van der Waals surface area contributed by atoms with Crippen molar-refractivity contribution in [1.29, 1.82) is 0 Å². The van der Waals surface area contributed by atoms with Crippen LogP contribution in [0.5, 0.6) is 5.75 Å². The number of phenols is 1. The van der Waals surface area contributed by atoms with Crippen LogP contribution in [0.15, 0.2) is 29.3 Å². The number of aliphatic hydroxyl groups is 1. The van der Waals surface area contributed by atoms with Crippen LogP contribution in [-0.4, -0.2) is 29.1 Å². The molecule has 2 N–H and O–H groups in total. The Labute approximate surface area is 90.1 Å². The summed E-state index contributed by atoms with van der Waals surface area (Å²) in [6.45, 7) is 2.76. The maximum Gasteiger partial charge on any atom is 0.124 e. The van der Waals surface area contributed by atoms with E-state index >= 15 is 0 Å². The van der Waals surface area contributed by atoms with Crippen molar-refractivity contribution < 1.29 is 10.2 Å². The summed E-state index contributed by atoms with van der Waals surface area (Å²) < 4.78 is 0. The maximum atomic E-state index is 9.64. The highest BCUT2D eigenvalue weighted by Crippen LogP contribution is 2.18. The van der Waals surface area contributed by atoms with Crippen LogP contribution in [-0.2, 0) is 0 Å². The van der Waals surface area contributed by atoms with Gasteiger partial charge in [0, 0.05) is 24.4 Å². The van der Waals surface area contributed by atoms with E-state index in [1.807, 2.05) is 19.1 Å². The number of aliphatic hydroxyl groups excluding tert-OH is 1. The number of hydrogen-bond donors (Lipinski definition) is 2. The average Bonchev–Trinajstić information content (AvgIpc) is 2.26. The zero-order valence-electron chi connectivity index (χ0n) is 8.98. The van der Waals surface area contributed by atoms with Crippen molar-refractivity contribution in [2.75, 3.05) is 13.2 Å². The Hall–Kier alpha value is -1.35. The first-order valence-corrected chi connectivity index (χ1v) is 5.22. The minimum Gasteiger partial charge on any atom is -0.507 e. The highest BCUT2D eigenvalue weighted by Gasteiger charge is 2.05. The average molecular weight is 207 g/mol. The van der Waals surface area contributed by atoms with Crippen molar-refractivity contribution in [3.63, 3.8) is 0 Å². The van der Waals surface area contributed by atoms with Crippen LogP contribution < -0.4 is 0 Å². The third kappa shape index (κ3) is 3.36. The second-order valence-corrected chi connectivity index (χ2v) is 3.28. The molecule has 1 rings (SSSR count). The van der Waals surface area contributed by atoms with Gasteiger partial charge in [-0.2, -0.15) is 0 Å². The second-order valence-electron chi connectivity index (χ2n) is 3.28. The number of nitrogens with zero attached hydrogens (tertiary/aromatic N) is 1. The number of hydrogen-bond acceptors (Lipinski definition) is 3.